The van der Waals surface area contributed by atoms with Gasteiger partial charge in [-0.3, -0.25) is 9.59 Å². The van der Waals surface area contributed by atoms with Crippen molar-refractivity contribution in [2.75, 3.05) is 31.1 Å². The summed E-state index contributed by atoms with van der Waals surface area (Å²) in [6, 6.07) is 6.41. The number of nitrogens with zero attached hydrogens (tertiary/aromatic N) is 2. The lowest BCUT2D eigenvalue weighted by molar-refractivity contribution is -0.149. The Kier molecular flexibility index (Phi) is 4.33. The summed E-state index contributed by atoms with van der Waals surface area (Å²) < 4.78 is 13.1. The van der Waals surface area contributed by atoms with E-state index in [4.69, 9.17) is 0 Å². The second kappa shape index (κ2) is 6.75. The molecule has 1 aromatic rings. The zero-order valence-corrected chi connectivity index (χ0v) is 16.2. The molecule has 28 heavy (non-hydrogen) atoms. The van der Waals surface area contributed by atoms with Crippen molar-refractivity contribution in [2.45, 2.75) is 44.1 Å². The average molecular weight is 385 g/mol. The molecule has 2 amide bonds. The minimum Gasteiger partial charge on any atom is -0.368 e. The van der Waals surface area contributed by atoms with Crippen LogP contribution in [0.2, 0.25) is 0 Å². The van der Waals surface area contributed by atoms with E-state index in [1.165, 1.54) is 31.4 Å². The summed E-state index contributed by atoms with van der Waals surface area (Å²) in [6.07, 6.45) is 7.10. The van der Waals surface area contributed by atoms with Crippen LogP contribution in [0.5, 0.6) is 0 Å². The lowest BCUT2D eigenvalue weighted by Gasteiger charge is -2.56. The Morgan fingerprint density at radius 1 is 0.893 bits per heavy atom. The molecule has 0 aromatic heterocycles. The van der Waals surface area contributed by atoms with E-state index in [0.29, 0.717) is 26.2 Å². The van der Waals surface area contributed by atoms with Crippen LogP contribution < -0.4 is 10.2 Å². The number of carbonyl (C=O) groups excluding carboxylic acids is 2. The minimum atomic E-state index is -0.419. The highest BCUT2D eigenvalue weighted by Gasteiger charge is 2.52. The molecular weight excluding hydrogens is 357 g/mol. The highest BCUT2D eigenvalue weighted by molar-refractivity contribution is 6.35. The molecule has 4 saturated carbocycles. The summed E-state index contributed by atoms with van der Waals surface area (Å²) in [5.74, 6) is 1.15. The lowest BCUT2D eigenvalue weighted by atomic mass is 9.53. The Hall–Kier alpha value is -2.11. The van der Waals surface area contributed by atoms with Crippen molar-refractivity contribution in [3.8, 4) is 0 Å². The first-order valence-electron chi connectivity index (χ1n) is 10.6. The zero-order chi connectivity index (χ0) is 19.3. The number of hydrogen-bond acceptors (Lipinski definition) is 3. The van der Waals surface area contributed by atoms with Gasteiger partial charge in [-0.1, -0.05) is 0 Å². The fraction of sp³-hybridized carbons (Fsp3) is 0.636. The second-order valence-electron chi connectivity index (χ2n) is 9.41. The molecule has 0 unspecified atom stereocenters. The highest BCUT2D eigenvalue weighted by Crippen LogP contribution is 2.55. The molecule has 6 rings (SSSR count). The number of rotatable bonds is 2. The zero-order valence-electron chi connectivity index (χ0n) is 16.2. The van der Waals surface area contributed by atoms with Crippen LogP contribution in [-0.4, -0.2) is 48.4 Å². The van der Waals surface area contributed by atoms with Gasteiger partial charge in [-0.2, -0.15) is 0 Å². The fourth-order valence-corrected chi connectivity index (χ4v) is 6.52. The van der Waals surface area contributed by atoms with E-state index in [0.717, 1.165) is 42.7 Å². The van der Waals surface area contributed by atoms with Gasteiger partial charge >= 0.3 is 11.8 Å². The quantitative estimate of drug-likeness (QED) is 0.796. The van der Waals surface area contributed by atoms with Crippen LogP contribution in [0.3, 0.4) is 0 Å². The lowest BCUT2D eigenvalue weighted by Crippen LogP contribution is -2.62. The van der Waals surface area contributed by atoms with Crippen molar-refractivity contribution in [2.24, 2.45) is 17.8 Å². The van der Waals surface area contributed by atoms with Crippen LogP contribution in [-0.2, 0) is 9.59 Å². The Labute approximate surface area is 165 Å². The van der Waals surface area contributed by atoms with E-state index >= 15 is 0 Å². The van der Waals surface area contributed by atoms with Gasteiger partial charge in [-0.15, -0.1) is 0 Å². The van der Waals surface area contributed by atoms with Gasteiger partial charge in [-0.05, 0) is 80.5 Å². The topological polar surface area (TPSA) is 52.7 Å². The summed E-state index contributed by atoms with van der Waals surface area (Å²) >= 11 is 0. The molecule has 4 aliphatic carbocycles. The molecule has 1 aromatic carbocycles. The van der Waals surface area contributed by atoms with Crippen molar-refractivity contribution in [1.82, 2.24) is 10.2 Å². The van der Waals surface area contributed by atoms with Crippen LogP contribution in [0.25, 0.3) is 0 Å². The molecule has 5 aliphatic rings. The third-order valence-corrected chi connectivity index (χ3v) is 7.37. The largest absolute Gasteiger partial charge is 0.368 e. The fourth-order valence-electron chi connectivity index (χ4n) is 6.52. The van der Waals surface area contributed by atoms with E-state index in [1.807, 2.05) is 0 Å². The average Bonchev–Trinajstić information content (AvgIpc) is 2.67. The smallest absolute Gasteiger partial charge is 0.312 e. The van der Waals surface area contributed by atoms with Gasteiger partial charge in [0, 0.05) is 37.4 Å². The van der Waals surface area contributed by atoms with Crippen molar-refractivity contribution in [3.63, 3.8) is 0 Å². The monoisotopic (exact) mass is 385 g/mol. The summed E-state index contributed by atoms with van der Waals surface area (Å²) in [4.78, 5) is 29.3. The Morgan fingerprint density at radius 3 is 1.96 bits per heavy atom. The van der Waals surface area contributed by atoms with E-state index < -0.39 is 11.8 Å². The van der Waals surface area contributed by atoms with Gasteiger partial charge in [0.2, 0.25) is 0 Å². The van der Waals surface area contributed by atoms with Crippen molar-refractivity contribution in [3.05, 3.63) is 30.1 Å². The van der Waals surface area contributed by atoms with Crippen molar-refractivity contribution in [1.29, 1.82) is 0 Å². The van der Waals surface area contributed by atoms with Crippen LogP contribution in [0.15, 0.2) is 24.3 Å². The number of amides is 2. The molecule has 5 nitrogen and oxygen atoms in total. The van der Waals surface area contributed by atoms with Crippen LogP contribution in [0.4, 0.5) is 10.1 Å². The van der Waals surface area contributed by atoms with E-state index in [-0.39, 0.29) is 11.4 Å². The molecule has 6 heteroatoms. The SMILES string of the molecule is O=C(NC12CC3CC(CC(C3)C1)C2)C(=O)N1CCN(c2ccc(F)cc2)CC1. The third-order valence-electron chi connectivity index (χ3n) is 7.37. The predicted molar refractivity (Wildman–Crippen MR) is 104 cm³/mol. The highest BCUT2D eigenvalue weighted by atomic mass is 19.1. The molecule has 1 aliphatic heterocycles. The molecular formula is C22H28FN3O2. The van der Waals surface area contributed by atoms with E-state index in [2.05, 4.69) is 10.2 Å². The Balaban J connectivity index is 1.18. The predicted octanol–water partition coefficient (Wildman–Crippen LogP) is 2.56. The van der Waals surface area contributed by atoms with Crippen LogP contribution in [0.1, 0.15) is 38.5 Å². The Morgan fingerprint density at radius 2 is 1.43 bits per heavy atom. The number of nitrogens with one attached hydrogen (secondary N) is 1. The maximum Gasteiger partial charge on any atom is 0.312 e. The molecule has 1 N–H and O–H groups in total. The van der Waals surface area contributed by atoms with Crippen LogP contribution >= 0.6 is 0 Å². The number of hydrogen-bond donors (Lipinski definition) is 1. The maximum atomic E-state index is 13.1. The molecule has 5 fully saturated rings. The van der Waals surface area contributed by atoms with Gasteiger partial charge in [0.15, 0.2) is 0 Å². The third kappa shape index (κ3) is 3.27. The summed E-state index contributed by atoms with van der Waals surface area (Å²) in [5.41, 5.74) is 0.823. The number of piperazine rings is 1. The maximum absolute atomic E-state index is 13.1. The standard InChI is InChI=1S/C22H28FN3O2/c23-18-1-3-19(4-2-18)25-5-7-26(8-6-25)21(28)20(27)24-22-12-15-9-16(13-22)11-17(10-15)14-22/h1-4,15-17H,5-14H2,(H,24,27). The summed E-state index contributed by atoms with van der Waals surface area (Å²) in [7, 11) is 0. The molecule has 150 valence electrons. The van der Waals surface area contributed by atoms with Gasteiger partial charge < -0.3 is 15.1 Å². The first kappa shape index (κ1) is 18.0. The van der Waals surface area contributed by atoms with E-state index in [9.17, 15) is 14.0 Å². The van der Waals surface area contributed by atoms with Gasteiger partial charge in [-0.25, -0.2) is 4.39 Å². The molecule has 1 heterocycles. The van der Waals surface area contributed by atoms with Gasteiger partial charge in [0.1, 0.15) is 5.82 Å². The van der Waals surface area contributed by atoms with Crippen molar-refractivity contribution < 1.29 is 14.0 Å². The molecule has 0 spiro atoms. The number of anilines is 1. The van der Waals surface area contributed by atoms with Gasteiger partial charge in [0.25, 0.3) is 0 Å². The number of benzene rings is 1. The first-order valence-corrected chi connectivity index (χ1v) is 10.6. The normalized spacial score (nSPS) is 33.8. The first-order chi connectivity index (χ1) is 13.5. The summed E-state index contributed by atoms with van der Waals surface area (Å²) in [5, 5.41) is 3.19. The second-order valence-corrected chi connectivity index (χ2v) is 9.41. The molecule has 1 saturated heterocycles. The van der Waals surface area contributed by atoms with Crippen LogP contribution in [0, 0.1) is 23.6 Å². The molecule has 0 atom stereocenters. The van der Waals surface area contributed by atoms with Gasteiger partial charge in [0.05, 0.1) is 0 Å². The molecule has 4 bridgehead atoms. The number of halogens is 1. The number of carbonyl (C=O) groups is 2. The minimum absolute atomic E-state index is 0.128. The van der Waals surface area contributed by atoms with Crippen molar-refractivity contribution >= 4 is 17.5 Å². The molecule has 0 radical (unpaired) electrons. The summed E-state index contributed by atoms with van der Waals surface area (Å²) in [6.45, 7) is 2.35. The Bertz CT molecular complexity index is 735. The van der Waals surface area contributed by atoms with E-state index in [1.54, 1.807) is 17.0 Å².